The molecular weight excluding hydrogens is 260 g/mol. The van der Waals surface area contributed by atoms with E-state index in [0.717, 1.165) is 18.2 Å². The highest BCUT2D eigenvalue weighted by molar-refractivity contribution is 8.00. The van der Waals surface area contributed by atoms with Crippen LogP contribution in [-0.4, -0.2) is 17.8 Å². The van der Waals surface area contributed by atoms with Crippen molar-refractivity contribution < 1.29 is 18.3 Å². The molecule has 0 bridgehead atoms. The molecule has 0 aliphatic rings. The van der Waals surface area contributed by atoms with Gasteiger partial charge in [0.2, 0.25) is 0 Å². The summed E-state index contributed by atoms with van der Waals surface area (Å²) in [7, 11) is 0. The minimum Gasteiger partial charge on any atom is -0.465 e. The number of hydrogen-bond donors (Lipinski definition) is 1. The lowest BCUT2D eigenvalue weighted by Crippen LogP contribution is -2.17. The number of esters is 1. The summed E-state index contributed by atoms with van der Waals surface area (Å²) in [6.07, 6.45) is 0.723. The van der Waals surface area contributed by atoms with Crippen molar-refractivity contribution in [3.05, 3.63) is 23.8 Å². The minimum atomic E-state index is -0.807. The smallest absolute Gasteiger partial charge is 0.319 e. The zero-order valence-corrected chi connectivity index (χ0v) is 11.0. The van der Waals surface area contributed by atoms with Crippen molar-refractivity contribution in [1.29, 1.82) is 0 Å². The Labute approximate surface area is 109 Å². The number of rotatable bonds is 5. The predicted octanol–water partition coefficient (Wildman–Crippen LogP) is 2.98. The number of anilines is 1. The molecule has 18 heavy (non-hydrogen) atoms. The molecule has 6 heteroatoms. The van der Waals surface area contributed by atoms with Gasteiger partial charge >= 0.3 is 5.97 Å². The molecule has 0 heterocycles. The van der Waals surface area contributed by atoms with Crippen LogP contribution >= 0.6 is 11.8 Å². The highest BCUT2D eigenvalue weighted by atomic mass is 32.2. The summed E-state index contributed by atoms with van der Waals surface area (Å²) in [5.74, 6) is -1.97. The van der Waals surface area contributed by atoms with Crippen LogP contribution in [0.4, 0.5) is 14.5 Å². The van der Waals surface area contributed by atoms with Crippen molar-refractivity contribution in [3.63, 3.8) is 0 Å². The van der Waals surface area contributed by atoms with Crippen LogP contribution in [0.5, 0.6) is 0 Å². The summed E-state index contributed by atoms with van der Waals surface area (Å²) >= 11 is 0.955. The van der Waals surface area contributed by atoms with Crippen molar-refractivity contribution in [2.45, 2.75) is 30.4 Å². The maximum Gasteiger partial charge on any atom is 0.319 e. The maximum absolute atomic E-state index is 13.4. The number of thioether (sulfide) groups is 1. The quantitative estimate of drug-likeness (QED) is 0.510. The lowest BCUT2D eigenvalue weighted by Gasteiger charge is -2.11. The molecule has 0 fully saturated rings. The number of halogens is 2. The molecule has 1 aromatic carbocycles. The first-order valence-corrected chi connectivity index (χ1v) is 6.41. The first kappa shape index (κ1) is 14.8. The molecule has 2 N–H and O–H groups in total. The van der Waals surface area contributed by atoms with Gasteiger partial charge in [-0.3, -0.25) is 4.79 Å². The molecule has 0 aromatic heterocycles. The number of carbonyl (C=O) groups is 1. The molecule has 0 radical (unpaired) electrons. The maximum atomic E-state index is 13.4. The SMILES string of the molecule is CCCOC(=O)C(C)Sc1cc(N)c(F)cc1F. The third-order valence-corrected chi connectivity index (χ3v) is 3.25. The van der Waals surface area contributed by atoms with Crippen molar-refractivity contribution in [1.82, 2.24) is 0 Å². The number of carbonyl (C=O) groups excluding carboxylic acids is 1. The molecule has 3 nitrogen and oxygen atoms in total. The third kappa shape index (κ3) is 3.87. The molecule has 0 saturated heterocycles. The van der Waals surface area contributed by atoms with E-state index in [0.29, 0.717) is 12.7 Å². The summed E-state index contributed by atoms with van der Waals surface area (Å²) in [6.45, 7) is 3.81. The van der Waals surface area contributed by atoms with E-state index < -0.39 is 22.9 Å². The summed E-state index contributed by atoms with van der Waals surface area (Å²) in [5.41, 5.74) is 5.21. The van der Waals surface area contributed by atoms with Gasteiger partial charge in [0, 0.05) is 11.0 Å². The van der Waals surface area contributed by atoms with Crippen LogP contribution in [0.25, 0.3) is 0 Å². The van der Waals surface area contributed by atoms with E-state index in [4.69, 9.17) is 10.5 Å². The average molecular weight is 275 g/mol. The lowest BCUT2D eigenvalue weighted by atomic mass is 10.3. The molecule has 1 aromatic rings. The van der Waals surface area contributed by atoms with Crippen LogP contribution < -0.4 is 5.73 Å². The first-order valence-electron chi connectivity index (χ1n) is 5.53. The third-order valence-electron chi connectivity index (χ3n) is 2.14. The number of hydrogen-bond acceptors (Lipinski definition) is 4. The van der Waals surface area contributed by atoms with Crippen LogP contribution in [0, 0.1) is 11.6 Å². The fraction of sp³-hybridized carbons (Fsp3) is 0.417. The van der Waals surface area contributed by atoms with Crippen LogP contribution in [0.3, 0.4) is 0 Å². The highest BCUT2D eigenvalue weighted by Gasteiger charge is 2.18. The second-order valence-corrected chi connectivity index (χ2v) is 5.11. The summed E-state index contributed by atoms with van der Waals surface area (Å²) in [5, 5.41) is -0.573. The van der Waals surface area contributed by atoms with Gasteiger partial charge in [0.25, 0.3) is 0 Å². The number of ether oxygens (including phenoxy) is 1. The Kier molecular flexibility index (Phi) is 5.40. The van der Waals surface area contributed by atoms with Gasteiger partial charge < -0.3 is 10.5 Å². The average Bonchev–Trinajstić information content (AvgIpc) is 2.32. The van der Waals surface area contributed by atoms with E-state index in [-0.39, 0.29) is 10.6 Å². The van der Waals surface area contributed by atoms with Crippen LogP contribution in [0.1, 0.15) is 20.3 Å². The lowest BCUT2D eigenvalue weighted by molar-refractivity contribution is -0.142. The molecule has 0 amide bonds. The van der Waals surface area contributed by atoms with E-state index in [1.165, 1.54) is 6.07 Å². The fourth-order valence-electron chi connectivity index (χ4n) is 1.19. The normalized spacial score (nSPS) is 12.2. The second kappa shape index (κ2) is 6.58. The van der Waals surface area contributed by atoms with Gasteiger partial charge in [0.05, 0.1) is 12.3 Å². The molecule has 100 valence electrons. The molecule has 1 unspecified atom stereocenters. The van der Waals surface area contributed by atoms with E-state index >= 15 is 0 Å². The largest absolute Gasteiger partial charge is 0.465 e. The fourth-order valence-corrected chi connectivity index (χ4v) is 2.11. The predicted molar refractivity (Wildman–Crippen MR) is 67.3 cm³/mol. The van der Waals surface area contributed by atoms with Gasteiger partial charge in [0.1, 0.15) is 16.9 Å². The molecule has 0 saturated carbocycles. The van der Waals surface area contributed by atoms with Crippen molar-refractivity contribution in [3.8, 4) is 0 Å². The zero-order chi connectivity index (χ0) is 13.7. The Morgan fingerprint density at radius 2 is 2.11 bits per heavy atom. The van der Waals surface area contributed by atoms with Gasteiger partial charge in [-0.25, -0.2) is 8.78 Å². The Morgan fingerprint density at radius 3 is 2.72 bits per heavy atom. The Morgan fingerprint density at radius 1 is 1.44 bits per heavy atom. The van der Waals surface area contributed by atoms with Crippen LogP contribution in [-0.2, 0) is 9.53 Å². The molecule has 1 atom stereocenters. The van der Waals surface area contributed by atoms with Gasteiger partial charge in [-0.1, -0.05) is 6.92 Å². The standard InChI is InChI=1S/C12H15F2NO2S/c1-3-4-17-12(16)7(2)18-11-6-10(15)8(13)5-9(11)14/h5-7H,3-4,15H2,1-2H3. The van der Waals surface area contributed by atoms with Crippen molar-refractivity contribution in [2.75, 3.05) is 12.3 Å². The first-order chi connectivity index (χ1) is 8.45. The number of nitrogens with two attached hydrogens (primary N) is 1. The van der Waals surface area contributed by atoms with E-state index in [2.05, 4.69) is 0 Å². The van der Waals surface area contributed by atoms with Crippen LogP contribution in [0.2, 0.25) is 0 Å². The Bertz CT molecular complexity index is 440. The van der Waals surface area contributed by atoms with Crippen LogP contribution in [0.15, 0.2) is 17.0 Å². The highest BCUT2D eigenvalue weighted by Crippen LogP contribution is 2.29. The second-order valence-electron chi connectivity index (χ2n) is 3.73. The number of benzene rings is 1. The molecule has 1 rings (SSSR count). The Balaban J connectivity index is 2.72. The topological polar surface area (TPSA) is 52.3 Å². The van der Waals surface area contributed by atoms with Gasteiger partial charge in [-0.2, -0.15) is 0 Å². The van der Waals surface area contributed by atoms with E-state index in [1.54, 1.807) is 6.92 Å². The monoisotopic (exact) mass is 275 g/mol. The van der Waals surface area contributed by atoms with Gasteiger partial charge in [-0.15, -0.1) is 11.8 Å². The summed E-state index contributed by atoms with van der Waals surface area (Å²) in [4.78, 5) is 11.6. The van der Waals surface area contributed by atoms with Crippen molar-refractivity contribution in [2.24, 2.45) is 0 Å². The van der Waals surface area contributed by atoms with Crippen molar-refractivity contribution >= 4 is 23.4 Å². The number of nitrogen functional groups attached to an aromatic ring is 1. The zero-order valence-electron chi connectivity index (χ0n) is 10.2. The van der Waals surface area contributed by atoms with E-state index in [9.17, 15) is 13.6 Å². The molecule has 0 aliphatic heterocycles. The van der Waals surface area contributed by atoms with Gasteiger partial charge in [-0.05, 0) is 19.4 Å². The van der Waals surface area contributed by atoms with Gasteiger partial charge in [0.15, 0.2) is 0 Å². The Hall–Kier alpha value is -1.30. The molecule has 0 aliphatic carbocycles. The summed E-state index contributed by atoms with van der Waals surface area (Å²) in [6, 6.07) is 1.89. The minimum absolute atomic E-state index is 0.134. The summed E-state index contributed by atoms with van der Waals surface area (Å²) < 4.78 is 31.3. The molecular formula is C12H15F2NO2S. The molecule has 0 spiro atoms. The van der Waals surface area contributed by atoms with E-state index in [1.807, 2.05) is 6.92 Å².